The van der Waals surface area contributed by atoms with Crippen molar-refractivity contribution in [3.63, 3.8) is 0 Å². The summed E-state index contributed by atoms with van der Waals surface area (Å²) in [6.07, 6.45) is 12.9. The van der Waals surface area contributed by atoms with Crippen LogP contribution >= 0.6 is 0 Å². The molecule has 0 spiro atoms. The van der Waals surface area contributed by atoms with E-state index in [9.17, 15) is 0 Å². The fourth-order valence-electron chi connectivity index (χ4n) is 1.64. The van der Waals surface area contributed by atoms with Gasteiger partial charge < -0.3 is 0 Å². The monoisotopic (exact) mass is 280 g/mol. The van der Waals surface area contributed by atoms with E-state index < -0.39 is 0 Å². The highest BCUT2D eigenvalue weighted by molar-refractivity contribution is 5.06. The molecule has 0 amide bonds. The Morgan fingerprint density at radius 3 is 1.60 bits per heavy atom. The first-order valence-corrected chi connectivity index (χ1v) is 8.53. The molecule has 0 aliphatic heterocycles. The molecule has 0 saturated carbocycles. The van der Waals surface area contributed by atoms with Gasteiger partial charge in [0.15, 0.2) is 0 Å². The third-order valence-electron chi connectivity index (χ3n) is 2.99. The summed E-state index contributed by atoms with van der Waals surface area (Å²) < 4.78 is 0. The average Bonchev–Trinajstić information content (AvgIpc) is 2.49. The van der Waals surface area contributed by atoms with E-state index >= 15 is 0 Å². The first kappa shape index (κ1) is 24.3. The van der Waals surface area contributed by atoms with Crippen LogP contribution in [0.1, 0.15) is 94.4 Å². The highest BCUT2D eigenvalue weighted by Gasteiger charge is 1.93. The minimum atomic E-state index is 1.16. The molecule has 0 saturated heterocycles. The quantitative estimate of drug-likeness (QED) is 0.416. The van der Waals surface area contributed by atoms with Crippen LogP contribution in [0.5, 0.6) is 0 Å². The molecule has 0 aliphatic carbocycles. The van der Waals surface area contributed by atoms with Gasteiger partial charge >= 0.3 is 0 Å². The molecular weight excluding hydrogens is 240 g/mol. The molecule has 0 aromatic carbocycles. The molecule has 0 aromatic rings. The first-order valence-electron chi connectivity index (χ1n) is 8.53. The van der Waals surface area contributed by atoms with Gasteiger partial charge in [0.25, 0.3) is 0 Å². The molecule has 0 aliphatic rings. The van der Waals surface area contributed by atoms with Crippen LogP contribution in [0.4, 0.5) is 0 Å². The summed E-state index contributed by atoms with van der Waals surface area (Å²) in [6, 6.07) is 0. The summed E-state index contributed by atoms with van der Waals surface area (Å²) in [5, 5.41) is 0. The van der Waals surface area contributed by atoms with E-state index in [-0.39, 0.29) is 0 Å². The zero-order chi connectivity index (χ0) is 16.4. The van der Waals surface area contributed by atoms with Gasteiger partial charge in [0.1, 0.15) is 0 Å². The summed E-state index contributed by atoms with van der Waals surface area (Å²) >= 11 is 0. The Kier molecular flexibility index (Phi) is 24.9. The van der Waals surface area contributed by atoms with E-state index in [1.165, 1.54) is 42.4 Å². The molecule has 0 unspecified atom stereocenters. The van der Waals surface area contributed by atoms with Crippen LogP contribution in [0, 0.1) is 0 Å². The lowest BCUT2D eigenvalue weighted by Gasteiger charge is -2.02. The normalized spacial score (nSPS) is 12.2. The number of hydrogen-bond donors (Lipinski definition) is 0. The lowest BCUT2D eigenvalue weighted by atomic mass is 10.0. The Morgan fingerprint density at radius 2 is 1.15 bits per heavy atom. The van der Waals surface area contributed by atoms with Crippen molar-refractivity contribution in [3.8, 4) is 0 Å². The average molecular weight is 281 g/mol. The summed E-state index contributed by atoms with van der Waals surface area (Å²) in [6.45, 7) is 19.0. The van der Waals surface area contributed by atoms with Crippen molar-refractivity contribution in [2.45, 2.75) is 94.4 Å². The molecule has 0 heterocycles. The third kappa shape index (κ3) is 19.6. The maximum atomic E-state index is 2.40. The van der Waals surface area contributed by atoms with Crippen molar-refractivity contribution < 1.29 is 0 Å². The molecule has 0 N–H and O–H groups in total. The van der Waals surface area contributed by atoms with Gasteiger partial charge in [-0.3, -0.25) is 0 Å². The number of allylic oxidation sites excluding steroid dienone is 6. The van der Waals surface area contributed by atoms with Crippen molar-refractivity contribution >= 4 is 0 Å². The van der Waals surface area contributed by atoms with E-state index in [2.05, 4.69) is 52.8 Å². The molecule has 120 valence electrons. The first-order chi connectivity index (χ1) is 9.60. The van der Waals surface area contributed by atoms with Gasteiger partial charge in [0.05, 0.1) is 0 Å². The summed E-state index contributed by atoms with van der Waals surface area (Å²) in [5.74, 6) is 0. The Morgan fingerprint density at radius 1 is 0.700 bits per heavy atom. The van der Waals surface area contributed by atoms with Gasteiger partial charge in [-0.05, 0) is 59.8 Å². The van der Waals surface area contributed by atoms with Crippen molar-refractivity contribution in [1.29, 1.82) is 0 Å². The van der Waals surface area contributed by atoms with Gasteiger partial charge in [-0.2, -0.15) is 0 Å². The molecule has 0 rings (SSSR count). The molecule has 0 atom stereocenters. The topological polar surface area (TPSA) is 0 Å². The van der Waals surface area contributed by atoms with Gasteiger partial charge in [0.2, 0.25) is 0 Å². The van der Waals surface area contributed by atoms with Crippen molar-refractivity contribution in [3.05, 3.63) is 34.9 Å². The zero-order valence-electron chi connectivity index (χ0n) is 15.8. The van der Waals surface area contributed by atoms with Crippen LogP contribution < -0.4 is 0 Å². The molecule has 0 bridgehead atoms. The van der Waals surface area contributed by atoms with E-state index in [4.69, 9.17) is 0 Å². The van der Waals surface area contributed by atoms with Gasteiger partial charge in [-0.25, -0.2) is 0 Å². The number of rotatable bonds is 7. The predicted molar refractivity (Wildman–Crippen MR) is 98.4 cm³/mol. The van der Waals surface area contributed by atoms with Gasteiger partial charge in [-0.1, -0.05) is 69.6 Å². The maximum Gasteiger partial charge on any atom is -0.0286 e. The fraction of sp³-hybridized carbons (Fsp3) is 0.700. The van der Waals surface area contributed by atoms with E-state index in [1.807, 2.05) is 27.7 Å². The minimum absolute atomic E-state index is 1.16. The second kappa shape index (κ2) is 20.5. The lowest BCUT2D eigenvalue weighted by Crippen LogP contribution is -1.82. The smallest absolute Gasteiger partial charge is 0.0286 e. The zero-order valence-corrected chi connectivity index (χ0v) is 15.8. The standard InChI is InChI=1S/C16H28.2C2H6/c1-6-9-15(4)10-8-11-16(5)13-12-14(3)7-2;2*1-2/h7,9,11H,6,8,10,12-13H2,1-5H3;2*1-2H3/b14-7+,15-9+,16-11+;;. The van der Waals surface area contributed by atoms with E-state index in [0.717, 1.165) is 6.42 Å². The summed E-state index contributed by atoms with van der Waals surface area (Å²) in [7, 11) is 0. The van der Waals surface area contributed by atoms with Crippen LogP contribution in [-0.2, 0) is 0 Å². The molecule has 0 fully saturated rings. The number of hydrogen-bond acceptors (Lipinski definition) is 0. The molecule has 0 aromatic heterocycles. The molecule has 0 radical (unpaired) electrons. The lowest BCUT2D eigenvalue weighted by molar-refractivity contribution is 0.891. The molecular formula is C20H40. The Hall–Kier alpha value is -0.780. The minimum Gasteiger partial charge on any atom is -0.0887 e. The van der Waals surface area contributed by atoms with Crippen molar-refractivity contribution in [1.82, 2.24) is 0 Å². The van der Waals surface area contributed by atoms with Gasteiger partial charge in [0, 0.05) is 0 Å². The summed E-state index contributed by atoms with van der Waals surface area (Å²) in [4.78, 5) is 0. The van der Waals surface area contributed by atoms with Crippen molar-refractivity contribution in [2.75, 3.05) is 0 Å². The predicted octanol–water partition coefficient (Wildman–Crippen LogP) is 7.87. The Bertz CT molecular complexity index is 264. The largest absolute Gasteiger partial charge is 0.0887 e. The highest BCUT2D eigenvalue weighted by Crippen LogP contribution is 2.13. The molecule has 0 nitrogen and oxygen atoms in total. The van der Waals surface area contributed by atoms with Crippen molar-refractivity contribution in [2.24, 2.45) is 0 Å². The Labute approximate surface area is 130 Å². The van der Waals surface area contributed by atoms with Crippen LogP contribution in [0.3, 0.4) is 0 Å². The van der Waals surface area contributed by atoms with Crippen LogP contribution in [0.15, 0.2) is 34.9 Å². The van der Waals surface area contributed by atoms with Gasteiger partial charge in [-0.15, -0.1) is 0 Å². The SMILES string of the molecule is C/C=C(\C)CC/C(C)=C/CC/C(C)=C/CC.CC.CC. The fourth-order valence-corrected chi connectivity index (χ4v) is 1.64. The second-order valence-corrected chi connectivity index (χ2v) is 4.68. The van der Waals surface area contributed by atoms with Crippen LogP contribution in [0.25, 0.3) is 0 Å². The van der Waals surface area contributed by atoms with Crippen LogP contribution in [0.2, 0.25) is 0 Å². The maximum absolute atomic E-state index is 2.40. The van der Waals surface area contributed by atoms with E-state index in [0.29, 0.717) is 0 Å². The second-order valence-electron chi connectivity index (χ2n) is 4.68. The van der Waals surface area contributed by atoms with E-state index in [1.54, 1.807) is 0 Å². The Balaban J connectivity index is -0.000000656. The third-order valence-corrected chi connectivity index (χ3v) is 2.99. The van der Waals surface area contributed by atoms with Crippen LogP contribution in [-0.4, -0.2) is 0 Å². The highest BCUT2D eigenvalue weighted by atomic mass is 14.0. The molecule has 20 heavy (non-hydrogen) atoms. The molecule has 0 heteroatoms. The summed E-state index contributed by atoms with van der Waals surface area (Å²) in [5.41, 5.74) is 4.55.